The number of aromatic nitrogens is 1. The van der Waals surface area contributed by atoms with E-state index in [1.165, 1.54) is 6.07 Å². The van der Waals surface area contributed by atoms with Gasteiger partial charge < -0.3 is 15.8 Å². The van der Waals surface area contributed by atoms with Crippen LogP contribution in [0.4, 0.5) is 13.2 Å². The van der Waals surface area contributed by atoms with Crippen molar-refractivity contribution in [3.05, 3.63) is 28.3 Å². The lowest BCUT2D eigenvalue weighted by Gasteiger charge is -2.34. The molecule has 1 aliphatic rings. The van der Waals surface area contributed by atoms with Gasteiger partial charge in [-0.25, -0.2) is 4.98 Å². The number of rotatable bonds is 4. The molecule has 1 aliphatic heterocycles. The maximum absolute atomic E-state index is 12.8. The number of carbonyl (C=O) groups is 2. The Morgan fingerprint density at radius 1 is 1.33 bits per heavy atom. The Labute approximate surface area is 156 Å². The van der Waals surface area contributed by atoms with Crippen molar-refractivity contribution in [1.29, 1.82) is 0 Å². The largest absolute Gasteiger partial charge is 0.433 e. The van der Waals surface area contributed by atoms with Crippen LogP contribution in [0.15, 0.2) is 12.1 Å². The maximum Gasteiger partial charge on any atom is 0.433 e. The Morgan fingerprint density at radius 2 is 2.00 bits per heavy atom. The number of hydrogen-bond donors (Lipinski definition) is 2. The average molecular weight is 401 g/mol. The first-order valence-electron chi connectivity index (χ1n) is 8.27. The fourth-order valence-corrected chi connectivity index (χ4v) is 4.17. The first kappa shape index (κ1) is 19.6. The van der Waals surface area contributed by atoms with E-state index in [1.54, 1.807) is 6.92 Å². The highest BCUT2D eigenvalue weighted by molar-refractivity contribution is 7.20. The number of amides is 2. The molecule has 3 N–H and O–H groups in total. The molecular weight excluding hydrogens is 383 g/mol. The lowest BCUT2D eigenvalue weighted by molar-refractivity contribution is -0.141. The minimum Gasteiger partial charge on any atom is -0.381 e. The Morgan fingerprint density at radius 3 is 2.59 bits per heavy atom. The molecule has 0 atom stereocenters. The number of thiophene rings is 1. The van der Waals surface area contributed by atoms with Crippen molar-refractivity contribution in [2.45, 2.75) is 25.9 Å². The van der Waals surface area contributed by atoms with Crippen molar-refractivity contribution in [2.75, 3.05) is 19.8 Å². The van der Waals surface area contributed by atoms with E-state index in [2.05, 4.69) is 10.3 Å². The van der Waals surface area contributed by atoms with Gasteiger partial charge in [0.25, 0.3) is 5.91 Å². The highest BCUT2D eigenvalue weighted by atomic mass is 32.1. The van der Waals surface area contributed by atoms with Crippen LogP contribution in [0.2, 0.25) is 0 Å². The molecule has 1 saturated heterocycles. The third kappa shape index (κ3) is 3.77. The number of pyridine rings is 1. The number of alkyl halides is 3. The molecular formula is C17H18F3N3O3S. The predicted octanol–water partition coefficient (Wildman–Crippen LogP) is 2.64. The number of aryl methyl sites for hydroxylation is 1. The number of primary amides is 1. The lowest BCUT2D eigenvalue weighted by atomic mass is 9.79. The van der Waals surface area contributed by atoms with Crippen LogP contribution in [0.1, 0.15) is 33.8 Å². The summed E-state index contributed by atoms with van der Waals surface area (Å²) in [4.78, 5) is 28.5. The maximum atomic E-state index is 12.8. The molecule has 3 heterocycles. The number of carbonyl (C=O) groups excluding carboxylic acids is 2. The van der Waals surface area contributed by atoms with Crippen molar-refractivity contribution in [1.82, 2.24) is 10.3 Å². The molecule has 0 saturated carbocycles. The first-order valence-corrected chi connectivity index (χ1v) is 9.09. The normalized spacial score (nSPS) is 17.0. The van der Waals surface area contributed by atoms with Gasteiger partial charge in [0.1, 0.15) is 10.5 Å². The second-order valence-electron chi connectivity index (χ2n) is 6.54. The smallest absolute Gasteiger partial charge is 0.381 e. The number of halogens is 3. The molecule has 146 valence electrons. The Balaban J connectivity index is 1.83. The van der Waals surface area contributed by atoms with Crippen LogP contribution in [0, 0.1) is 12.3 Å². The van der Waals surface area contributed by atoms with Crippen molar-refractivity contribution in [3.63, 3.8) is 0 Å². The van der Waals surface area contributed by atoms with Gasteiger partial charge in [0.05, 0.1) is 10.3 Å². The van der Waals surface area contributed by atoms with Crippen LogP contribution < -0.4 is 11.1 Å². The van der Waals surface area contributed by atoms with E-state index in [0.29, 0.717) is 37.0 Å². The Hall–Kier alpha value is -2.20. The van der Waals surface area contributed by atoms with Crippen molar-refractivity contribution >= 4 is 33.4 Å². The first-order chi connectivity index (χ1) is 12.6. The third-order valence-electron chi connectivity index (χ3n) is 4.86. The quantitative estimate of drug-likeness (QED) is 0.824. The molecule has 2 aromatic heterocycles. The predicted molar refractivity (Wildman–Crippen MR) is 93.4 cm³/mol. The highest BCUT2D eigenvalue weighted by Crippen LogP contribution is 2.34. The molecule has 0 bridgehead atoms. The topological polar surface area (TPSA) is 94.3 Å². The Bertz CT molecular complexity index is 889. The summed E-state index contributed by atoms with van der Waals surface area (Å²) in [5, 5.41) is 3.20. The van der Waals surface area contributed by atoms with E-state index in [0.717, 1.165) is 17.4 Å². The van der Waals surface area contributed by atoms with Gasteiger partial charge in [-0.1, -0.05) is 0 Å². The highest BCUT2D eigenvalue weighted by Gasteiger charge is 2.39. The van der Waals surface area contributed by atoms with E-state index in [1.807, 2.05) is 0 Å². The zero-order valence-electron chi connectivity index (χ0n) is 14.5. The van der Waals surface area contributed by atoms with Crippen LogP contribution in [0.3, 0.4) is 0 Å². The second kappa shape index (κ2) is 7.08. The minimum atomic E-state index is -4.55. The molecule has 0 spiro atoms. The second-order valence-corrected chi connectivity index (χ2v) is 7.54. The van der Waals surface area contributed by atoms with Gasteiger partial charge in [0, 0.05) is 25.1 Å². The molecule has 0 unspecified atom stereocenters. The summed E-state index contributed by atoms with van der Waals surface area (Å²) in [6, 6.07) is 2.21. The lowest BCUT2D eigenvalue weighted by Crippen LogP contribution is -2.49. The van der Waals surface area contributed by atoms with Gasteiger partial charge in [-0.15, -0.1) is 11.3 Å². The fourth-order valence-electron chi connectivity index (χ4n) is 3.08. The molecule has 1 fully saturated rings. The molecule has 6 nitrogen and oxygen atoms in total. The molecule has 2 amide bonds. The molecule has 10 heteroatoms. The number of ether oxygens (including phenoxy) is 1. The summed E-state index contributed by atoms with van der Waals surface area (Å²) >= 11 is 0.892. The SMILES string of the molecule is Cc1c(C(=O)NCC2(C(N)=O)CCOCC2)sc2nc(C(F)(F)F)ccc12. The minimum absolute atomic E-state index is 0.0550. The third-order valence-corrected chi connectivity index (χ3v) is 6.06. The number of nitrogens with one attached hydrogen (secondary N) is 1. The van der Waals surface area contributed by atoms with Crippen LogP contribution >= 0.6 is 11.3 Å². The summed E-state index contributed by atoms with van der Waals surface area (Å²) in [7, 11) is 0. The van der Waals surface area contributed by atoms with Crippen molar-refractivity contribution in [2.24, 2.45) is 11.1 Å². The average Bonchev–Trinajstić information content (AvgIpc) is 2.96. The van der Waals surface area contributed by atoms with Crippen LogP contribution in [-0.4, -0.2) is 36.6 Å². The van der Waals surface area contributed by atoms with E-state index in [9.17, 15) is 22.8 Å². The van der Waals surface area contributed by atoms with Gasteiger partial charge in [-0.3, -0.25) is 9.59 Å². The van der Waals surface area contributed by atoms with Gasteiger partial charge in [0.2, 0.25) is 5.91 Å². The van der Waals surface area contributed by atoms with Crippen LogP contribution in [0.5, 0.6) is 0 Å². The number of nitrogens with zero attached hydrogens (tertiary/aromatic N) is 1. The van der Waals surface area contributed by atoms with Crippen LogP contribution in [-0.2, 0) is 15.7 Å². The zero-order valence-corrected chi connectivity index (χ0v) is 15.3. The summed E-state index contributed by atoms with van der Waals surface area (Å²) in [5.74, 6) is -0.966. The summed E-state index contributed by atoms with van der Waals surface area (Å²) in [6.45, 7) is 2.47. The number of hydrogen-bond acceptors (Lipinski definition) is 5. The van der Waals surface area contributed by atoms with Gasteiger partial charge >= 0.3 is 6.18 Å². The Kier molecular flexibility index (Phi) is 5.13. The van der Waals surface area contributed by atoms with E-state index in [4.69, 9.17) is 10.5 Å². The van der Waals surface area contributed by atoms with Gasteiger partial charge in [-0.2, -0.15) is 13.2 Å². The summed E-state index contributed by atoms with van der Waals surface area (Å²) in [6.07, 6.45) is -3.74. The van der Waals surface area contributed by atoms with Gasteiger partial charge in [0.15, 0.2) is 0 Å². The number of nitrogens with two attached hydrogens (primary N) is 1. The molecule has 2 aromatic rings. The van der Waals surface area contributed by atoms with E-state index < -0.39 is 29.1 Å². The summed E-state index contributed by atoms with van der Waals surface area (Å²) < 4.78 is 43.8. The van der Waals surface area contributed by atoms with Crippen molar-refractivity contribution in [3.8, 4) is 0 Å². The standard InChI is InChI=1S/C17H18F3N3O3S/c1-9-10-2-3-11(17(18,19)20)23-14(10)27-12(9)13(24)22-8-16(15(21)25)4-6-26-7-5-16/h2-3H,4-8H2,1H3,(H2,21,25)(H,22,24). The number of fused-ring (bicyclic) bond motifs is 1. The monoisotopic (exact) mass is 401 g/mol. The molecule has 0 aliphatic carbocycles. The molecule has 0 radical (unpaired) electrons. The molecule has 0 aromatic carbocycles. The van der Waals surface area contributed by atoms with Crippen molar-refractivity contribution < 1.29 is 27.5 Å². The van der Waals surface area contributed by atoms with E-state index >= 15 is 0 Å². The van der Waals surface area contributed by atoms with Gasteiger partial charge in [-0.05, 0) is 37.5 Å². The fraction of sp³-hybridized carbons (Fsp3) is 0.471. The van der Waals surface area contributed by atoms with E-state index in [-0.39, 0.29) is 16.3 Å². The summed E-state index contributed by atoms with van der Waals surface area (Å²) in [5.41, 5.74) is 4.19. The molecule has 3 rings (SSSR count). The molecule has 27 heavy (non-hydrogen) atoms. The zero-order chi connectivity index (χ0) is 19.8. The van der Waals surface area contributed by atoms with Crippen LogP contribution in [0.25, 0.3) is 10.2 Å².